The third-order valence-electron chi connectivity index (χ3n) is 5.50. The van der Waals surface area contributed by atoms with E-state index >= 15 is 0 Å². The molecule has 1 aromatic heterocycles. The van der Waals surface area contributed by atoms with Crippen LogP contribution in [0.1, 0.15) is 36.0 Å². The quantitative estimate of drug-likeness (QED) is 0.347. The second-order valence-corrected chi connectivity index (χ2v) is 10.2. The Morgan fingerprint density at radius 3 is 2.82 bits per heavy atom. The Kier molecular flexibility index (Phi) is 7.60. The molecule has 6 nitrogen and oxygen atoms in total. The number of hydrogen-bond donors (Lipinski definition) is 1. The van der Waals surface area contributed by atoms with Gasteiger partial charge in [0.05, 0.1) is 22.2 Å². The Morgan fingerprint density at radius 1 is 1.24 bits per heavy atom. The van der Waals surface area contributed by atoms with Gasteiger partial charge in [0.15, 0.2) is 0 Å². The van der Waals surface area contributed by atoms with Crippen LogP contribution in [0, 0.1) is 0 Å². The zero-order valence-corrected chi connectivity index (χ0v) is 21.1. The first-order chi connectivity index (χ1) is 16.4. The molecule has 4 rings (SSSR count). The van der Waals surface area contributed by atoms with Gasteiger partial charge >= 0.3 is 0 Å². The van der Waals surface area contributed by atoms with Crippen molar-refractivity contribution in [2.75, 3.05) is 37.1 Å². The number of amides is 2. The molecule has 176 valence electrons. The van der Waals surface area contributed by atoms with Gasteiger partial charge in [-0.05, 0) is 48.2 Å². The molecule has 9 heteroatoms. The lowest BCUT2D eigenvalue weighted by Gasteiger charge is -2.18. The van der Waals surface area contributed by atoms with Gasteiger partial charge < -0.3 is 15.0 Å². The number of benzene rings is 2. The van der Waals surface area contributed by atoms with Crippen LogP contribution in [0.2, 0.25) is 5.02 Å². The van der Waals surface area contributed by atoms with E-state index in [4.69, 9.17) is 16.3 Å². The molecule has 0 unspecified atom stereocenters. The molecule has 0 fully saturated rings. The van der Waals surface area contributed by atoms with Gasteiger partial charge in [-0.2, -0.15) is 11.8 Å². The van der Waals surface area contributed by atoms with Gasteiger partial charge in [-0.1, -0.05) is 17.7 Å². The molecular weight excluding hydrogens is 492 g/mol. The number of aldehydes is 1. The van der Waals surface area contributed by atoms with Crippen LogP contribution in [-0.4, -0.2) is 50.3 Å². The fraction of sp³-hybridized carbons (Fsp3) is 0.240. The molecule has 34 heavy (non-hydrogen) atoms. The smallest absolute Gasteiger partial charge is 0.268 e. The standard InChI is InChI=1S/C25H23ClN2O4S2/c1-28(20-11-15(14-29)3-6-19(20)26)25(31)22-13-16-7-9-32-21-12-17(24(30)27-8-10-33-2)4-5-18(21)23(16)34-22/h3-6,11-14H,7-10H2,1-2H3,(H,27,30). The van der Waals surface area contributed by atoms with Crippen molar-refractivity contribution in [3.05, 3.63) is 69.1 Å². The van der Waals surface area contributed by atoms with Crippen molar-refractivity contribution in [1.82, 2.24) is 5.32 Å². The number of anilines is 1. The van der Waals surface area contributed by atoms with E-state index in [1.165, 1.54) is 16.2 Å². The van der Waals surface area contributed by atoms with Crippen molar-refractivity contribution in [2.45, 2.75) is 6.42 Å². The summed E-state index contributed by atoms with van der Waals surface area (Å²) in [5.74, 6) is 1.13. The summed E-state index contributed by atoms with van der Waals surface area (Å²) in [5.41, 5.74) is 3.34. The maximum atomic E-state index is 13.3. The van der Waals surface area contributed by atoms with E-state index in [0.717, 1.165) is 28.0 Å². The second-order valence-electron chi connectivity index (χ2n) is 7.72. The molecule has 2 aromatic carbocycles. The molecule has 0 saturated heterocycles. The van der Waals surface area contributed by atoms with Crippen molar-refractivity contribution in [3.8, 4) is 16.2 Å². The maximum absolute atomic E-state index is 13.3. The van der Waals surface area contributed by atoms with E-state index < -0.39 is 0 Å². The molecule has 2 amide bonds. The highest BCUT2D eigenvalue weighted by Gasteiger charge is 2.25. The predicted octanol–water partition coefficient (Wildman–Crippen LogP) is 5.19. The summed E-state index contributed by atoms with van der Waals surface area (Å²) >= 11 is 9.35. The number of thiophene rings is 1. The molecule has 0 saturated carbocycles. The lowest BCUT2D eigenvalue weighted by molar-refractivity contribution is 0.0954. The minimum atomic E-state index is -0.213. The van der Waals surface area contributed by atoms with Crippen LogP contribution in [-0.2, 0) is 6.42 Å². The number of fused-ring (bicyclic) bond motifs is 3. The molecule has 1 aliphatic heterocycles. The van der Waals surface area contributed by atoms with E-state index in [2.05, 4.69) is 5.32 Å². The first kappa shape index (κ1) is 24.3. The molecule has 0 atom stereocenters. The first-order valence-corrected chi connectivity index (χ1v) is 13.2. The predicted molar refractivity (Wildman–Crippen MR) is 139 cm³/mol. The molecule has 1 N–H and O–H groups in total. The highest BCUT2D eigenvalue weighted by atomic mass is 35.5. The van der Waals surface area contributed by atoms with Crippen LogP contribution >= 0.6 is 34.7 Å². The molecule has 1 aliphatic rings. The van der Waals surface area contributed by atoms with Crippen molar-refractivity contribution in [2.24, 2.45) is 0 Å². The topological polar surface area (TPSA) is 75.7 Å². The number of thioether (sulfide) groups is 1. The monoisotopic (exact) mass is 514 g/mol. The number of hydrogen-bond acceptors (Lipinski definition) is 6. The lowest BCUT2D eigenvalue weighted by atomic mass is 10.0. The minimum absolute atomic E-state index is 0.136. The van der Waals surface area contributed by atoms with E-state index in [-0.39, 0.29) is 11.8 Å². The third kappa shape index (κ3) is 4.99. The van der Waals surface area contributed by atoms with E-state index in [1.54, 1.807) is 49.1 Å². The summed E-state index contributed by atoms with van der Waals surface area (Å²) in [6.45, 7) is 1.05. The average molecular weight is 515 g/mol. The number of rotatable bonds is 7. The molecule has 0 bridgehead atoms. The van der Waals surface area contributed by atoms with Crippen molar-refractivity contribution >= 4 is 58.5 Å². The second kappa shape index (κ2) is 10.6. The number of ether oxygens (including phenoxy) is 1. The zero-order chi connectivity index (χ0) is 24.2. The Labute approximate surface area is 211 Å². The Balaban J connectivity index is 1.62. The maximum Gasteiger partial charge on any atom is 0.268 e. The SMILES string of the molecule is CSCCNC(=O)c1ccc2c(c1)OCCc1cc(C(=O)N(C)c3cc(C=O)ccc3Cl)sc1-2. The van der Waals surface area contributed by atoms with Crippen molar-refractivity contribution in [1.29, 1.82) is 0 Å². The third-order valence-corrected chi connectivity index (χ3v) is 7.63. The van der Waals surface area contributed by atoms with Crippen LogP contribution < -0.4 is 15.0 Å². The van der Waals surface area contributed by atoms with E-state index in [0.29, 0.717) is 52.0 Å². The van der Waals surface area contributed by atoms with Crippen LogP contribution in [0.5, 0.6) is 5.75 Å². The summed E-state index contributed by atoms with van der Waals surface area (Å²) in [6.07, 6.45) is 3.36. The van der Waals surface area contributed by atoms with Crippen LogP contribution in [0.15, 0.2) is 42.5 Å². The highest BCUT2D eigenvalue weighted by Crippen LogP contribution is 2.42. The van der Waals surface area contributed by atoms with Crippen LogP contribution in [0.4, 0.5) is 5.69 Å². The Morgan fingerprint density at radius 2 is 2.06 bits per heavy atom. The van der Waals surface area contributed by atoms with Crippen LogP contribution in [0.3, 0.4) is 0 Å². The number of nitrogens with zero attached hydrogens (tertiary/aromatic N) is 1. The van der Waals surface area contributed by atoms with Gasteiger partial charge in [0.25, 0.3) is 11.8 Å². The highest BCUT2D eigenvalue weighted by molar-refractivity contribution is 7.98. The fourth-order valence-electron chi connectivity index (χ4n) is 3.69. The van der Waals surface area contributed by atoms with Gasteiger partial charge in [0.2, 0.25) is 0 Å². The van der Waals surface area contributed by atoms with Gasteiger partial charge in [0.1, 0.15) is 12.0 Å². The number of halogens is 1. The van der Waals surface area contributed by atoms with Gasteiger partial charge in [-0.3, -0.25) is 14.4 Å². The fourth-order valence-corrected chi connectivity index (χ4v) is 5.46. The number of carbonyl (C=O) groups is 3. The van der Waals surface area contributed by atoms with Gasteiger partial charge in [-0.15, -0.1) is 11.3 Å². The summed E-state index contributed by atoms with van der Waals surface area (Å²) < 4.78 is 5.94. The van der Waals surface area contributed by atoms with E-state index in [1.807, 2.05) is 18.4 Å². The summed E-state index contributed by atoms with van der Waals surface area (Å²) in [7, 11) is 1.64. The average Bonchev–Trinajstić information content (AvgIpc) is 3.19. The molecule has 0 radical (unpaired) electrons. The largest absolute Gasteiger partial charge is 0.493 e. The molecule has 3 aromatic rings. The normalized spacial score (nSPS) is 12.1. The Hall–Kier alpha value is -2.81. The van der Waals surface area contributed by atoms with Gasteiger partial charge in [0, 0.05) is 47.3 Å². The molecular formula is C25H23ClN2O4S2. The van der Waals surface area contributed by atoms with Gasteiger partial charge in [-0.25, -0.2) is 0 Å². The number of nitrogens with one attached hydrogen (secondary N) is 1. The van der Waals surface area contributed by atoms with Crippen LogP contribution in [0.25, 0.3) is 10.4 Å². The van der Waals surface area contributed by atoms with E-state index in [9.17, 15) is 14.4 Å². The summed E-state index contributed by atoms with van der Waals surface area (Å²) in [6, 6.07) is 12.1. The summed E-state index contributed by atoms with van der Waals surface area (Å²) in [4.78, 5) is 39.9. The first-order valence-electron chi connectivity index (χ1n) is 10.6. The molecule has 0 spiro atoms. The molecule has 0 aliphatic carbocycles. The molecule has 2 heterocycles. The van der Waals surface area contributed by atoms with Crippen molar-refractivity contribution in [3.63, 3.8) is 0 Å². The Bertz CT molecular complexity index is 1260. The summed E-state index contributed by atoms with van der Waals surface area (Å²) in [5, 5.41) is 3.30. The van der Waals surface area contributed by atoms with Crippen molar-refractivity contribution < 1.29 is 19.1 Å². The zero-order valence-electron chi connectivity index (χ0n) is 18.7. The minimum Gasteiger partial charge on any atom is -0.493 e. The number of carbonyl (C=O) groups excluding carboxylic acids is 3. The lowest BCUT2D eigenvalue weighted by Crippen LogP contribution is -2.25.